The van der Waals surface area contributed by atoms with E-state index in [2.05, 4.69) is 57.4 Å². The molecule has 3 rings (SSSR count). The quantitative estimate of drug-likeness (QED) is 0.421. The molecule has 0 bridgehead atoms. The highest BCUT2D eigenvalue weighted by atomic mass is 16.5. The minimum atomic E-state index is 0.129. The second-order valence-electron chi connectivity index (χ2n) is 7.01. The molecule has 30 heavy (non-hydrogen) atoms. The van der Waals surface area contributed by atoms with Crippen LogP contribution in [0.25, 0.3) is 0 Å². The van der Waals surface area contributed by atoms with E-state index < -0.39 is 0 Å². The number of rotatable bonds is 9. The van der Waals surface area contributed by atoms with Crippen LogP contribution in [0.15, 0.2) is 65.9 Å². The summed E-state index contributed by atoms with van der Waals surface area (Å²) < 4.78 is 7.38. The third-order valence-corrected chi connectivity index (χ3v) is 4.86. The van der Waals surface area contributed by atoms with Crippen molar-refractivity contribution in [3.8, 4) is 5.75 Å². The number of hydrogen-bond acceptors (Lipinski definition) is 4. The summed E-state index contributed by atoms with van der Waals surface area (Å²) >= 11 is 0. The van der Waals surface area contributed by atoms with Gasteiger partial charge in [-0.05, 0) is 30.2 Å². The van der Waals surface area contributed by atoms with Crippen LogP contribution in [-0.4, -0.2) is 34.4 Å². The largest absolute Gasteiger partial charge is 0.497 e. The molecule has 0 aliphatic rings. The molecule has 1 atom stereocenters. The van der Waals surface area contributed by atoms with Crippen LogP contribution in [0.2, 0.25) is 0 Å². The van der Waals surface area contributed by atoms with Gasteiger partial charge >= 0.3 is 0 Å². The molecular formula is C23H30N6O. The molecule has 1 aromatic heterocycles. The van der Waals surface area contributed by atoms with Gasteiger partial charge in [0.15, 0.2) is 5.96 Å². The molecule has 0 aliphatic carbocycles. The highest BCUT2D eigenvalue weighted by Gasteiger charge is 2.08. The molecule has 2 aromatic carbocycles. The lowest BCUT2D eigenvalue weighted by atomic mass is 10.1. The van der Waals surface area contributed by atoms with Crippen molar-refractivity contribution >= 4 is 5.96 Å². The van der Waals surface area contributed by atoms with E-state index in [1.165, 1.54) is 5.56 Å². The molecule has 1 unspecified atom stereocenters. The molecule has 0 radical (unpaired) electrons. The van der Waals surface area contributed by atoms with E-state index in [0.29, 0.717) is 6.54 Å². The van der Waals surface area contributed by atoms with Gasteiger partial charge in [-0.25, -0.2) is 4.99 Å². The van der Waals surface area contributed by atoms with Crippen molar-refractivity contribution in [1.29, 1.82) is 0 Å². The van der Waals surface area contributed by atoms with Crippen LogP contribution in [0.5, 0.6) is 5.75 Å². The lowest BCUT2D eigenvalue weighted by Crippen LogP contribution is -2.40. The maximum atomic E-state index is 5.32. The zero-order valence-electron chi connectivity index (χ0n) is 17.9. The van der Waals surface area contributed by atoms with Crippen molar-refractivity contribution in [2.45, 2.75) is 39.4 Å². The summed E-state index contributed by atoms with van der Waals surface area (Å²) in [6.07, 6.45) is 2.63. The summed E-state index contributed by atoms with van der Waals surface area (Å²) in [5, 5.41) is 15.1. The summed E-state index contributed by atoms with van der Waals surface area (Å²) in [6, 6.07) is 18.5. The number of nitrogens with one attached hydrogen (secondary N) is 2. The fourth-order valence-corrected chi connectivity index (χ4v) is 3.16. The Morgan fingerprint density at radius 2 is 2.00 bits per heavy atom. The van der Waals surface area contributed by atoms with E-state index in [9.17, 15) is 0 Å². The summed E-state index contributed by atoms with van der Waals surface area (Å²) in [5.74, 6) is 2.58. The minimum Gasteiger partial charge on any atom is -0.497 e. The molecule has 0 saturated heterocycles. The average molecular weight is 407 g/mol. The van der Waals surface area contributed by atoms with Crippen LogP contribution in [-0.2, 0) is 19.5 Å². The number of nitrogens with zero attached hydrogens (tertiary/aromatic N) is 4. The maximum absolute atomic E-state index is 5.32. The number of hydrogen-bond donors (Lipinski definition) is 2. The van der Waals surface area contributed by atoms with Crippen molar-refractivity contribution in [3.05, 3.63) is 77.9 Å². The topological polar surface area (TPSA) is 76.4 Å². The van der Waals surface area contributed by atoms with Crippen LogP contribution < -0.4 is 15.4 Å². The number of aliphatic imine (C=N–C) groups is 1. The lowest BCUT2D eigenvalue weighted by Gasteiger charge is -2.19. The third-order valence-electron chi connectivity index (χ3n) is 4.86. The Morgan fingerprint density at radius 3 is 2.77 bits per heavy atom. The van der Waals surface area contributed by atoms with Gasteiger partial charge in [0.05, 0.1) is 19.7 Å². The average Bonchev–Trinajstić information content (AvgIpc) is 3.25. The normalized spacial score (nSPS) is 12.4. The van der Waals surface area contributed by atoms with Crippen LogP contribution in [0.3, 0.4) is 0 Å². The summed E-state index contributed by atoms with van der Waals surface area (Å²) in [5.41, 5.74) is 2.30. The number of benzene rings is 2. The Labute approximate surface area is 178 Å². The SMILES string of the molecule is CCc1nncn1CCNC(=NCc1cccc(OC)c1)NC(C)c1ccccc1. The molecule has 1 heterocycles. The van der Waals surface area contributed by atoms with Crippen LogP contribution in [0, 0.1) is 0 Å². The maximum Gasteiger partial charge on any atom is 0.192 e. The molecule has 158 valence electrons. The Morgan fingerprint density at radius 1 is 1.17 bits per heavy atom. The third kappa shape index (κ3) is 6.07. The molecular weight excluding hydrogens is 376 g/mol. The smallest absolute Gasteiger partial charge is 0.192 e. The van der Waals surface area contributed by atoms with Gasteiger partial charge in [0, 0.05) is 19.5 Å². The first-order valence-electron chi connectivity index (χ1n) is 10.3. The summed E-state index contributed by atoms with van der Waals surface area (Å²) in [7, 11) is 1.67. The summed E-state index contributed by atoms with van der Waals surface area (Å²) in [6.45, 7) is 6.26. The van der Waals surface area contributed by atoms with Gasteiger partial charge < -0.3 is 19.9 Å². The van der Waals surface area contributed by atoms with Gasteiger partial charge in [0.25, 0.3) is 0 Å². The molecule has 0 spiro atoms. The van der Waals surface area contributed by atoms with E-state index in [4.69, 9.17) is 9.73 Å². The zero-order chi connectivity index (χ0) is 21.2. The van der Waals surface area contributed by atoms with E-state index in [0.717, 1.165) is 42.6 Å². The highest BCUT2D eigenvalue weighted by Crippen LogP contribution is 2.14. The van der Waals surface area contributed by atoms with Crippen molar-refractivity contribution < 1.29 is 4.74 Å². The van der Waals surface area contributed by atoms with E-state index in [1.807, 2.05) is 36.4 Å². The Balaban J connectivity index is 1.68. The van der Waals surface area contributed by atoms with Gasteiger partial charge in [0.2, 0.25) is 0 Å². The van der Waals surface area contributed by atoms with Gasteiger partial charge in [-0.15, -0.1) is 10.2 Å². The molecule has 0 saturated carbocycles. The second kappa shape index (κ2) is 11.0. The Hall–Kier alpha value is -3.35. The Kier molecular flexibility index (Phi) is 7.83. The zero-order valence-corrected chi connectivity index (χ0v) is 17.9. The van der Waals surface area contributed by atoms with Gasteiger partial charge in [-0.3, -0.25) is 0 Å². The first-order valence-corrected chi connectivity index (χ1v) is 10.3. The molecule has 3 aromatic rings. The number of methoxy groups -OCH3 is 1. The Bertz CT molecular complexity index is 938. The van der Waals surface area contributed by atoms with Crippen LogP contribution in [0.4, 0.5) is 0 Å². The van der Waals surface area contributed by atoms with Crippen molar-refractivity contribution in [2.24, 2.45) is 4.99 Å². The number of aryl methyl sites for hydroxylation is 1. The first kappa shape index (κ1) is 21.4. The van der Waals surface area contributed by atoms with Gasteiger partial charge in [0.1, 0.15) is 17.9 Å². The standard InChI is InChI=1S/C23H30N6O/c1-4-22-28-26-17-29(22)14-13-24-23(27-18(2)20-10-6-5-7-11-20)25-16-19-9-8-12-21(15-19)30-3/h5-12,15,17-18H,4,13-14,16H2,1-3H3,(H2,24,25,27). The van der Waals surface area contributed by atoms with Crippen LogP contribution >= 0.6 is 0 Å². The van der Waals surface area contributed by atoms with Crippen LogP contribution in [0.1, 0.15) is 36.8 Å². The highest BCUT2D eigenvalue weighted by molar-refractivity contribution is 5.80. The molecule has 0 amide bonds. The van der Waals surface area contributed by atoms with E-state index >= 15 is 0 Å². The monoisotopic (exact) mass is 406 g/mol. The first-order chi connectivity index (χ1) is 14.7. The van der Waals surface area contributed by atoms with Crippen molar-refractivity contribution in [3.63, 3.8) is 0 Å². The van der Waals surface area contributed by atoms with Gasteiger partial charge in [-0.2, -0.15) is 0 Å². The lowest BCUT2D eigenvalue weighted by molar-refractivity contribution is 0.414. The van der Waals surface area contributed by atoms with Gasteiger partial charge in [-0.1, -0.05) is 49.4 Å². The molecule has 7 nitrogen and oxygen atoms in total. The summed E-state index contributed by atoms with van der Waals surface area (Å²) in [4.78, 5) is 4.79. The minimum absolute atomic E-state index is 0.129. The predicted molar refractivity (Wildman–Crippen MR) is 120 cm³/mol. The van der Waals surface area contributed by atoms with E-state index in [-0.39, 0.29) is 6.04 Å². The van der Waals surface area contributed by atoms with Crippen molar-refractivity contribution in [2.75, 3.05) is 13.7 Å². The molecule has 0 aliphatic heterocycles. The molecule has 2 N–H and O–H groups in total. The van der Waals surface area contributed by atoms with Crippen molar-refractivity contribution in [1.82, 2.24) is 25.4 Å². The molecule has 0 fully saturated rings. The number of guanidine groups is 1. The predicted octanol–water partition coefficient (Wildman–Crippen LogP) is 3.35. The fourth-order valence-electron chi connectivity index (χ4n) is 3.16. The molecule has 7 heteroatoms. The second-order valence-corrected chi connectivity index (χ2v) is 7.01. The number of ether oxygens (including phenoxy) is 1. The van der Waals surface area contributed by atoms with E-state index in [1.54, 1.807) is 13.4 Å². The number of aromatic nitrogens is 3. The fraction of sp³-hybridized carbons (Fsp3) is 0.348.